The van der Waals surface area contributed by atoms with Gasteiger partial charge in [-0.15, -0.1) is 24.3 Å². The molecule has 58 heavy (non-hydrogen) atoms. The van der Waals surface area contributed by atoms with E-state index in [-0.39, 0.29) is 48.4 Å². The summed E-state index contributed by atoms with van der Waals surface area (Å²) in [5.74, 6) is -1.99. The normalized spacial score (nSPS) is 9.97. The van der Waals surface area contributed by atoms with Gasteiger partial charge in [0.25, 0.3) is 0 Å². The number of carboxylic acid groups (broad SMARTS) is 1. The van der Waals surface area contributed by atoms with Gasteiger partial charge in [-0.25, -0.2) is 0 Å². The second-order valence-electron chi connectivity index (χ2n) is 12.8. The minimum Gasteiger partial charge on any atom is -0.543 e. The number of carboxylic acids is 1. The molecule has 9 nitrogen and oxygen atoms in total. The summed E-state index contributed by atoms with van der Waals surface area (Å²) in [6, 6.07) is 27.3. The fourth-order valence-electron chi connectivity index (χ4n) is 5.51. The number of aromatic carboxylic acids is 1. The van der Waals surface area contributed by atoms with Crippen LogP contribution in [-0.4, -0.2) is 34.1 Å². The molecular weight excluding hydrogens is 917 g/mol. The van der Waals surface area contributed by atoms with Crippen LogP contribution in [0, 0.1) is 46.4 Å². The number of unbranched alkanes of at least 4 members (excludes halogenated alkanes) is 10. The van der Waals surface area contributed by atoms with Crippen LogP contribution in [0.15, 0.2) is 85.3 Å². The van der Waals surface area contributed by atoms with Crippen LogP contribution < -0.4 is 14.6 Å². The number of aromatic nitrogens is 3. The number of nitrogens with zero attached hydrogens (tertiary/aromatic N) is 5. The van der Waals surface area contributed by atoms with Gasteiger partial charge >= 0.3 is 20.1 Å². The molecule has 0 saturated carbocycles. The Kier molecular flexibility index (Phi) is 24.1. The van der Waals surface area contributed by atoms with E-state index in [1.54, 1.807) is 48.8 Å². The molecule has 0 radical (unpaired) electrons. The van der Waals surface area contributed by atoms with Crippen LogP contribution >= 0.6 is 0 Å². The summed E-state index contributed by atoms with van der Waals surface area (Å²) < 4.78 is 39.3. The molecule has 0 bridgehead atoms. The number of rotatable bonds is 19. The molecule has 0 fully saturated rings. The van der Waals surface area contributed by atoms with Crippen LogP contribution in [0.5, 0.6) is 11.5 Å². The third-order valence-corrected chi connectivity index (χ3v) is 8.50. The summed E-state index contributed by atoms with van der Waals surface area (Å²) in [6.45, 7) is 5.29. The Morgan fingerprint density at radius 2 is 1.03 bits per heavy atom. The Hall–Kier alpha value is -5.55. The van der Waals surface area contributed by atoms with Gasteiger partial charge in [0.15, 0.2) is 0 Å². The molecule has 0 spiro atoms. The zero-order chi connectivity index (χ0) is 41.1. The first-order valence-corrected chi connectivity index (χ1v) is 19.3. The molecule has 0 aliphatic carbocycles. The first-order valence-electron chi connectivity index (χ1n) is 19.3. The van der Waals surface area contributed by atoms with E-state index in [0.29, 0.717) is 35.7 Å². The van der Waals surface area contributed by atoms with Gasteiger partial charge in [0.1, 0.15) is 0 Å². The van der Waals surface area contributed by atoms with Crippen molar-refractivity contribution >= 4 is 5.97 Å². The summed E-state index contributed by atoms with van der Waals surface area (Å²) in [4.78, 5) is 22.0. The zero-order valence-corrected chi connectivity index (χ0v) is 35.3. The van der Waals surface area contributed by atoms with Crippen molar-refractivity contribution in [3.8, 4) is 46.2 Å². The standard InChI is InChI=1S/2C20H22FN2O.C6H5NO2.Ir/c2*1-2-3-4-5-6-9-14-24-20-16(19-10-7-8-13-23-19)11-12-18(21)17(20)15-22;8-6(9)5-3-1-2-4-7-5;/h2*7-8,10,12-13H,2-6,9,14H2,1H3;1-4H,(H,8,9);/q2*-1;;+3/p-1. The molecule has 0 unspecified atom stereocenters. The average molecular weight is 965 g/mol. The first-order chi connectivity index (χ1) is 27.9. The van der Waals surface area contributed by atoms with Crippen molar-refractivity contribution in [3.63, 3.8) is 0 Å². The van der Waals surface area contributed by atoms with Crippen molar-refractivity contribution in [1.82, 2.24) is 15.0 Å². The van der Waals surface area contributed by atoms with Gasteiger partial charge in [0, 0.05) is 29.7 Å². The van der Waals surface area contributed by atoms with E-state index in [1.165, 1.54) is 75.8 Å². The topological polar surface area (TPSA) is 145 Å². The number of pyridine rings is 3. The molecule has 0 aliphatic rings. The number of halogens is 2. The van der Waals surface area contributed by atoms with Crippen molar-refractivity contribution in [2.45, 2.75) is 90.9 Å². The van der Waals surface area contributed by atoms with Crippen molar-refractivity contribution in [1.29, 1.82) is 10.5 Å². The summed E-state index contributed by atoms with van der Waals surface area (Å²) >= 11 is 0. The van der Waals surface area contributed by atoms with Crippen LogP contribution in [0.25, 0.3) is 22.5 Å². The summed E-state index contributed by atoms with van der Waals surface area (Å²) in [7, 11) is 0. The molecule has 0 saturated heterocycles. The number of hydrogen-bond acceptors (Lipinski definition) is 9. The van der Waals surface area contributed by atoms with E-state index in [2.05, 4.69) is 40.9 Å². The predicted molar refractivity (Wildman–Crippen MR) is 213 cm³/mol. The largest absolute Gasteiger partial charge is 3.00 e. The molecule has 0 N–H and O–H groups in total. The molecule has 304 valence electrons. The van der Waals surface area contributed by atoms with Crippen LogP contribution in [-0.2, 0) is 20.1 Å². The molecule has 0 aliphatic heterocycles. The summed E-state index contributed by atoms with van der Waals surface area (Å²) in [5.41, 5.74) is 2.09. The monoisotopic (exact) mass is 965 g/mol. The fourth-order valence-corrected chi connectivity index (χ4v) is 5.51. The summed E-state index contributed by atoms with van der Waals surface area (Å²) in [5, 5.41) is 28.6. The molecule has 0 amide bonds. The molecule has 3 heterocycles. The quantitative estimate of drug-likeness (QED) is 0.0583. The van der Waals surface area contributed by atoms with Crippen molar-refractivity contribution in [2.24, 2.45) is 0 Å². The Labute approximate surface area is 354 Å². The van der Waals surface area contributed by atoms with E-state index in [1.807, 2.05) is 24.3 Å². The van der Waals surface area contributed by atoms with Crippen molar-refractivity contribution in [3.05, 3.63) is 126 Å². The maximum Gasteiger partial charge on any atom is 3.00 e. The number of benzene rings is 2. The number of nitriles is 2. The van der Waals surface area contributed by atoms with E-state index >= 15 is 0 Å². The van der Waals surface area contributed by atoms with Crippen molar-refractivity contribution < 1.29 is 48.3 Å². The van der Waals surface area contributed by atoms with Gasteiger partial charge in [-0.05, 0) is 48.5 Å². The molecule has 2 aromatic carbocycles. The Balaban J connectivity index is 0.000000325. The number of ether oxygens (including phenoxy) is 2. The van der Waals surface area contributed by atoms with Crippen LogP contribution in [0.1, 0.15) is 113 Å². The van der Waals surface area contributed by atoms with Crippen LogP contribution in [0.2, 0.25) is 0 Å². The SMILES string of the molecule is CCCCCCCCOc1c(-c2ccccn2)[c-]cc(F)c1C#N.CCCCCCCCOc1c(-c2ccccn2)[c-]cc(F)c1C#N.O=C([O-])c1ccccn1.[Ir+3]. The zero-order valence-electron chi connectivity index (χ0n) is 32.9. The second kappa shape index (κ2) is 28.8. The minimum absolute atomic E-state index is 0. The van der Waals surface area contributed by atoms with Crippen LogP contribution in [0.4, 0.5) is 8.78 Å². The van der Waals surface area contributed by atoms with Gasteiger partial charge in [-0.2, -0.15) is 10.5 Å². The smallest absolute Gasteiger partial charge is 0.543 e. The third kappa shape index (κ3) is 16.5. The Bertz CT molecular complexity index is 1890. The number of hydrogen-bond donors (Lipinski definition) is 0. The van der Waals surface area contributed by atoms with Gasteiger partial charge in [-0.3, -0.25) is 13.8 Å². The molecule has 5 rings (SSSR count). The van der Waals surface area contributed by atoms with Gasteiger partial charge in [-0.1, -0.05) is 120 Å². The molecule has 12 heteroatoms. The van der Waals surface area contributed by atoms with Gasteiger partial charge in [0.2, 0.25) is 0 Å². The maximum atomic E-state index is 13.9. The molecule has 5 aromatic rings. The average Bonchev–Trinajstić information content (AvgIpc) is 3.24. The van der Waals surface area contributed by atoms with Crippen LogP contribution in [0.3, 0.4) is 0 Å². The second-order valence-corrected chi connectivity index (χ2v) is 12.8. The molecular formula is C46H48F2IrN5O4. The van der Waals surface area contributed by atoms with E-state index in [4.69, 9.17) is 9.47 Å². The number of carbonyl (C=O) groups is 1. The Morgan fingerprint density at radius 3 is 1.36 bits per heavy atom. The van der Waals surface area contributed by atoms with Gasteiger partial charge in [0.05, 0.1) is 60.1 Å². The Morgan fingerprint density at radius 1 is 0.638 bits per heavy atom. The van der Waals surface area contributed by atoms with E-state index in [0.717, 1.165) is 25.7 Å². The molecule has 0 atom stereocenters. The van der Waals surface area contributed by atoms with Crippen molar-refractivity contribution in [2.75, 3.05) is 13.2 Å². The van der Waals surface area contributed by atoms with E-state index < -0.39 is 17.6 Å². The van der Waals surface area contributed by atoms with Gasteiger partial charge < -0.3 is 29.3 Å². The fraction of sp³-hybridized carbons (Fsp3) is 0.348. The maximum absolute atomic E-state index is 13.9. The minimum atomic E-state index is -1.24. The summed E-state index contributed by atoms with van der Waals surface area (Å²) in [6.07, 6.45) is 18.3. The molecule has 3 aromatic heterocycles. The number of carbonyl (C=O) groups excluding carboxylic acids is 1. The predicted octanol–water partition coefficient (Wildman–Crippen LogP) is 10.0. The van der Waals surface area contributed by atoms with E-state index in [9.17, 15) is 29.2 Å². The third-order valence-electron chi connectivity index (χ3n) is 8.50. The first kappa shape index (κ1) is 48.6.